The van der Waals surface area contributed by atoms with E-state index in [9.17, 15) is 0 Å². The summed E-state index contributed by atoms with van der Waals surface area (Å²) in [5.74, 6) is 1.45. The Bertz CT molecular complexity index is 378. The van der Waals surface area contributed by atoms with E-state index >= 15 is 0 Å². The summed E-state index contributed by atoms with van der Waals surface area (Å²) in [5, 5.41) is 0. The van der Waals surface area contributed by atoms with Crippen molar-refractivity contribution in [3.8, 4) is 5.75 Å². The fourth-order valence-corrected chi connectivity index (χ4v) is 2.23. The molecule has 0 saturated carbocycles. The Hall–Kier alpha value is -1.06. The molecule has 0 radical (unpaired) electrons. The van der Waals surface area contributed by atoms with E-state index in [2.05, 4.69) is 19.1 Å². The van der Waals surface area contributed by atoms with Crippen molar-refractivity contribution < 1.29 is 9.47 Å². The summed E-state index contributed by atoms with van der Waals surface area (Å²) in [6.45, 7) is 3.74. The molecule has 1 heterocycles. The Labute approximate surface area is 103 Å². The second kappa shape index (κ2) is 5.52. The first-order valence-electron chi connectivity index (χ1n) is 6.22. The van der Waals surface area contributed by atoms with Crippen LogP contribution in [0.4, 0.5) is 0 Å². The second-order valence-corrected chi connectivity index (χ2v) is 4.75. The van der Waals surface area contributed by atoms with Crippen LogP contribution < -0.4 is 10.5 Å². The largest absolute Gasteiger partial charge is 0.493 e. The van der Waals surface area contributed by atoms with Gasteiger partial charge in [-0.25, -0.2) is 0 Å². The number of rotatable bonds is 5. The first kappa shape index (κ1) is 12.4. The van der Waals surface area contributed by atoms with E-state index in [0.717, 1.165) is 31.8 Å². The molecule has 3 heteroatoms. The zero-order valence-electron chi connectivity index (χ0n) is 10.6. The van der Waals surface area contributed by atoms with Crippen molar-refractivity contribution in [2.75, 3.05) is 20.3 Å². The third-order valence-corrected chi connectivity index (χ3v) is 3.49. The van der Waals surface area contributed by atoms with Gasteiger partial charge in [0.15, 0.2) is 0 Å². The van der Waals surface area contributed by atoms with Crippen LogP contribution in [0.2, 0.25) is 0 Å². The molecule has 0 fully saturated rings. The van der Waals surface area contributed by atoms with Gasteiger partial charge in [-0.3, -0.25) is 0 Å². The van der Waals surface area contributed by atoms with Crippen molar-refractivity contribution >= 4 is 0 Å². The Balaban J connectivity index is 2.06. The first-order chi connectivity index (χ1) is 8.22. The summed E-state index contributed by atoms with van der Waals surface area (Å²) in [5.41, 5.74) is 8.77. The van der Waals surface area contributed by atoms with Gasteiger partial charge in [0.2, 0.25) is 0 Å². The molecule has 0 aliphatic carbocycles. The van der Waals surface area contributed by atoms with Crippen LogP contribution in [0.1, 0.15) is 30.5 Å². The smallest absolute Gasteiger partial charge is 0.122 e. The molecule has 0 amide bonds. The maximum atomic E-state index is 6.28. The zero-order chi connectivity index (χ0) is 12.3. The molecule has 2 N–H and O–H groups in total. The predicted octanol–water partition coefficient (Wildman–Crippen LogP) is 2.29. The highest BCUT2D eigenvalue weighted by Crippen LogP contribution is 2.30. The lowest BCUT2D eigenvalue weighted by Gasteiger charge is -2.20. The van der Waals surface area contributed by atoms with Crippen molar-refractivity contribution in [1.82, 2.24) is 0 Å². The van der Waals surface area contributed by atoms with Crippen LogP contribution in [0.3, 0.4) is 0 Å². The van der Waals surface area contributed by atoms with Gasteiger partial charge in [0.1, 0.15) is 5.75 Å². The first-order valence-corrected chi connectivity index (χ1v) is 6.22. The van der Waals surface area contributed by atoms with E-state index in [1.807, 2.05) is 6.07 Å². The molecule has 0 bridgehead atoms. The molecule has 17 heavy (non-hydrogen) atoms. The topological polar surface area (TPSA) is 44.5 Å². The van der Waals surface area contributed by atoms with Crippen LogP contribution in [0, 0.1) is 5.92 Å². The molecular weight excluding hydrogens is 214 g/mol. The van der Waals surface area contributed by atoms with Crippen molar-refractivity contribution in [1.29, 1.82) is 0 Å². The van der Waals surface area contributed by atoms with Gasteiger partial charge >= 0.3 is 0 Å². The summed E-state index contributed by atoms with van der Waals surface area (Å²) < 4.78 is 10.6. The highest BCUT2D eigenvalue weighted by molar-refractivity contribution is 5.40. The van der Waals surface area contributed by atoms with Gasteiger partial charge in [-0.1, -0.05) is 19.1 Å². The van der Waals surface area contributed by atoms with Gasteiger partial charge in [-0.2, -0.15) is 0 Å². The minimum atomic E-state index is 0.0797. The van der Waals surface area contributed by atoms with Crippen molar-refractivity contribution in [2.24, 2.45) is 11.7 Å². The molecular formula is C14H21NO2. The molecule has 3 nitrogen and oxygen atoms in total. The van der Waals surface area contributed by atoms with Gasteiger partial charge < -0.3 is 15.2 Å². The standard InChI is InChI=1S/C14H21NO2/c1-10(5-7-16-2)14(15)12-3-4-13-11(9-12)6-8-17-13/h3-4,9-10,14H,5-8,15H2,1-2H3. The minimum Gasteiger partial charge on any atom is -0.493 e. The molecule has 1 aliphatic heterocycles. The van der Waals surface area contributed by atoms with Gasteiger partial charge in [0, 0.05) is 26.2 Å². The van der Waals surface area contributed by atoms with Crippen LogP contribution in [-0.4, -0.2) is 20.3 Å². The number of methoxy groups -OCH3 is 1. The normalized spacial score (nSPS) is 17.4. The van der Waals surface area contributed by atoms with Gasteiger partial charge in [-0.15, -0.1) is 0 Å². The number of nitrogens with two attached hydrogens (primary N) is 1. The number of fused-ring (bicyclic) bond motifs is 1. The lowest BCUT2D eigenvalue weighted by Crippen LogP contribution is -2.20. The summed E-state index contributed by atoms with van der Waals surface area (Å²) in [4.78, 5) is 0. The number of hydrogen-bond donors (Lipinski definition) is 1. The van der Waals surface area contributed by atoms with Gasteiger partial charge in [-0.05, 0) is 29.5 Å². The maximum absolute atomic E-state index is 6.28. The summed E-state index contributed by atoms with van der Waals surface area (Å²) in [6, 6.07) is 6.39. The Kier molecular flexibility index (Phi) is 4.02. The molecule has 94 valence electrons. The van der Waals surface area contributed by atoms with E-state index < -0.39 is 0 Å². The Morgan fingerprint density at radius 2 is 2.29 bits per heavy atom. The van der Waals surface area contributed by atoms with E-state index in [1.54, 1.807) is 7.11 Å². The molecule has 2 rings (SSSR count). The van der Waals surface area contributed by atoms with E-state index in [4.69, 9.17) is 15.2 Å². The van der Waals surface area contributed by atoms with Crippen LogP contribution >= 0.6 is 0 Å². The zero-order valence-corrected chi connectivity index (χ0v) is 10.6. The molecule has 1 aromatic carbocycles. The monoisotopic (exact) mass is 235 g/mol. The lowest BCUT2D eigenvalue weighted by molar-refractivity contribution is 0.174. The number of hydrogen-bond acceptors (Lipinski definition) is 3. The van der Waals surface area contributed by atoms with Crippen molar-refractivity contribution in [3.63, 3.8) is 0 Å². The molecule has 1 aromatic rings. The van der Waals surface area contributed by atoms with Gasteiger partial charge in [0.25, 0.3) is 0 Å². The predicted molar refractivity (Wildman–Crippen MR) is 68.2 cm³/mol. The SMILES string of the molecule is COCCC(C)C(N)c1ccc2c(c1)CCO2. The number of benzene rings is 1. The Morgan fingerprint density at radius 3 is 3.06 bits per heavy atom. The van der Waals surface area contributed by atoms with E-state index in [1.165, 1.54) is 11.1 Å². The Morgan fingerprint density at radius 1 is 1.47 bits per heavy atom. The fraction of sp³-hybridized carbons (Fsp3) is 0.571. The van der Waals surface area contributed by atoms with E-state index in [-0.39, 0.29) is 6.04 Å². The van der Waals surface area contributed by atoms with Gasteiger partial charge in [0.05, 0.1) is 6.61 Å². The maximum Gasteiger partial charge on any atom is 0.122 e. The molecule has 0 saturated heterocycles. The minimum absolute atomic E-state index is 0.0797. The average molecular weight is 235 g/mol. The molecule has 0 spiro atoms. The van der Waals surface area contributed by atoms with Crippen LogP contribution in [-0.2, 0) is 11.2 Å². The van der Waals surface area contributed by atoms with Crippen LogP contribution in [0.5, 0.6) is 5.75 Å². The molecule has 2 atom stereocenters. The van der Waals surface area contributed by atoms with Crippen LogP contribution in [0.25, 0.3) is 0 Å². The molecule has 0 aromatic heterocycles. The second-order valence-electron chi connectivity index (χ2n) is 4.75. The van der Waals surface area contributed by atoms with E-state index in [0.29, 0.717) is 5.92 Å². The summed E-state index contributed by atoms with van der Waals surface area (Å²) >= 11 is 0. The van der Waals surface area contributed by atoms with Crippen LogP contribution in [0.15, 0.2) is 18.2 Å². The summed E-state index contributed by atoms with van der Waals surface area (Å²) in [6.07, 6.45) is 1.99. The molecule has 2 unspecified atom stereocenters. The van der Waals surface area contributed by atoms with Crippen molar-refractivity contribution in [2.45, 2.75) is 25.8 Å². The third kappa shape index (κ3) is 2.79. The lowest BCUT2D eigenvalue weighted by atomic mass is 9.92. The highest BCUT2D eigenvalue weighted by atomic mass is 16.5. The summed E-state index contributed by atoms with van der Waals surface area (Å²) in [7, 11) is 1.73. The van der Waals surface area contributed by atoms with Crippen molar-refractivity contribution in [3.05, 3.63) is 29.3 Å². The average Bonchev–Trinajstić information content (AvgIpc) is 2.81. The fourth-order valence-electron chi connectivity index (χ4n) is 2.23. The molecule has 1 aliphatic rings. The highest BCUT2D eigenvalue weighted by Gasteiger charge is 2.18. The number of ether oxygens (including phenoxy) is 2. The third-order valence-electron chi connectivity index (χ3n) is 3.49. The quantitative estimate of drug-likeness (QED) is 0.851.